The van der Waals surface area contributed by atoms with Crippen LogP contribution in [0.3, 0.4) is 0 Å². The number of methoxy groups -OCH3 is 1. The van der Waals surface area contributed by atoms with E-state index in [1.807, 2.05) is 13.0 Å². The molecule has 3 rings (SSSR count). The number of ether oxygens (including phenoxy) is 1. The van der Waals surface area contributed by atoms with Gasteiger partial charge in [-0.05, 0) is 31.2 Å². The highest BCUT2D eigenvalue weighted by Crippen LogP contribution is 2.31. The SMILES string of the molecule is COc1cccc2cc([C@H](O)COS(=O)(=O)c3ccc(C)cc3)oc12. The van der Waals surface area contributed by atoms with Crippen molar-refractivity contribution in [1.29, 1.82) is 0 Å². The maximum absolute atomic E-state index is 12.2. The average molecular weight is 362 g/mol. The standard InChI is InChI=1S/C18H18O6S/c1-12-6-8-14(9-7-12)25(20,21)23-11-15(19)17-10-13-4-3-5-16(22-2)18(13)24-17/h3-10,15,19H,11H2,1-2H3/t15-/m1/s1. The van der Waals surface area contributed by atoms with E-state index in [9.17, 15) is 13.5 Å². The highest BCUT2D eigenvalue weighted by atomic mass is 32.2. The predicted molar refractivity (Wildman–Crippen MR) is 92.0 cm³/mol. The van der Waals surface area contributed by atoms with Crippen LogP contribution in [0.4, 0.5) is 0 Å². The molecule has 2 aromatic carbocycles. The smallest absolute Gasteiger partial charge is 0.297 e. The number of aliphatic hydroxyl groups excluding tert-OH is 1. The highest BCUT2D eigenvalue weighted by molar-refractivity contribution is 7.86. The third-order valence-corrected chi connectivity index (χ3v) is 5.06. The molecule has 25 heavy (non-hydrogen) atoms. The average Bonchev–Trinajstić information content (AvgIpc) is 3.04. The van der Waals surface area contributed by atoms with Crippen LogP contribution in [-0.2, 0) is 14.3 Å². The maximum Gasteiger partial charge on any atom is 0.297 e. The molecule has 1 atom stereocenters. The van der Waals surface area contributed by atoms with E-state index in [4.69, 9.17) is 13.3 Å². The molecule has 7 heteroatoms. The van der Waals surface area contributed by atoms with Gasteiger partial charge in [0.15, 0.2) is 11.3 Å². The summed E-state index contributed by atoms with van der Waals surface area (Å²) < 4.78 is 40.1. The third-order valence-electron chi connectivity index (χ3n) is 3.77. The summed E-state index contributed by atoms with van der Waals surface area (Å²) in [5.74, 6) is 0.739. The Kier molecular flexibility index (Phi) is 4.80. The lowest BCUT2D eigenvalue weighted by Gasteiger charge is -2.09. The second-order valence-corrected chi connectivity index (χ2v) is 7.21. The summed E-state index contributed by atoms with van der Waals surface area (Å²) in [7, 11) is -2.43. The van der Waals surface area contributed by atoms with Gasteiger partial charge in [0.2, 0.25) is 0 Å². The number of hydrogen-bond donors (Lipinski definition) is 1. The zero-order valence-electron chi connectivity index (χ0n) is 13.8. The summed E-state index contributed by atoms with van der Waals surface area (Å²) in [6, 6.07) is 13.2. The molecule has 0 aliphatic carbocycles. The molecule has 0 bridgehead atoms. The van der Waals surface area contributed by atoms with Gasteiger partial charge in [-0.2, -0.15) is 8.42 Å². The predicted octanol–water partition coefficient (Wildman–Crippen LogP) is 3.19. The van der Waals surface area contributed by atoms with Crippen LogP contribution in [0.15, 0.2) is 57.8 Å². The maximum atomic E-state index is 12.2. The van der Waals surface area contributed by atoms with Gasteiger partial charge in [-0.25, -0.2) is 0 Å². The van der Waals surface area contributed by atoms with Crippen molar-refractivity contribution in [3.63, 3.8) is 0 Å². The molecule has 0 saturated heterocycles. The minimum Gasteiger partial charge on any atom is -0.493 e. The van der Waals surface area contributed by atoms with Crippen molar-refractivity contribution in [2.24, 2.45) is 0 Å². The zero-order chi connectivity index (χ0) is 18.0. The normalized spacial score (nSPS) is 13.1. The van der Waals surface area contributed by atoms with E-state index in [2.05, 4.69) is 0 Å². The third kappa shape index (κ3) is 3.68. The Morgan fingerprint density at radius 2 is 1.88 bits per heavy atom. The summed E-state index contributed by atoms with van der Waals surface area (Å²) in [5.41, 5.74) is 1.43. The first kappa shape index (κ1) is 17.5. The van der Waals surface area contributed by atoms with Crippen LogP contribution in [0, 0.1) is 6.92 Å². The largest absolute Gasteiger partial charge is 0.493 e. The molecule has 1 aromatic heterocycles. The minimum atomic E-state index is -3.95. The van der Waals surface area contributed by atoms with E-state index in [-0.39, 0.29) is 10.7 Å². The molecular formula is C18H18O6S. The van der Waals surface area contributed by atoms with Crippen molar-refractivity contribution < 1.29 is 26.9 Å². The lowest BCUT2D eigenvalue weighted by atomic mass is 10.2. The lowest BCUT2D eigenvalue weighted by Crippen LogP contribution is -2.13. The Hall–Kier alpha value is -2.35. The zero-order valence-corrected chi connectivity index (χ0v) is 14.6. The Balaban J connectivity index is 1.76. The second-order valence-electron chi connectivity index (χ2n) is 5.59. The van der Waals surface area contributed by atoms with E-state index in [0.717, 1.165) is 10.9 Å². The number of furan rings is 1. The van der Waals surface area contributed by atoms with E-state index in [1.54, 1.807) is 30.3 Å². The summed E-state index contributed by atoms with van der Waals surface area (Å²) in [4.78, 5) is 0.0385. The summed E-state index contributed by atoms with van der Waals surface area (Å²) >= 11 is 0. The van der Waals surface area contributed by atoms with Crippen LogP contribution in [0.25, 0.3) is 11.0 Å². The molecular weight excluding hydrogens is 344 g/mol. The number of fused-ring (bicyclic) bond motifs is 1. The van der Waals surface area contributed by atoms with E-state index in [0.29, 0.717) is 11.3 Å². The topological polar surface area (TPSA) is 86.0 Å². The van der Waals surface area contributed by atoms with Crippen LogP contribution in [-0.4, -0.2) is 27.2 Å². The van der Waals surface area contributed by atoms with Crippen molar-refractivity contribution in [3.8, 4) is 5.75 Å². The Bertz CT molecular complexity index is 972. The fourth-order valence-corrected chi connectivity index (χ4v) is 3.30. The van der Waals surface area contributed by atoms with Gasteiger partial charge in [-0.3, -0.25) is 4.18 Å². The van der Waals surface area contributed by atoms with Gasteiger partial charge in [0.1, 0.15) is 11.9 Å². The van der Waals surface area contributed by atoms with Gasteiger partial charge < -0.3 is 14.3 Å². The van der Waals surface area contributed by atoms with Gasteiger partial charge in [0, 0.05) is 5.39 Å². The molecule has 1 N–H and O–H groups in total. The van der Waals surface area contributed by atoms with Gasteiger partial charge in [0.05, 0.1) is 18.6 Å². The minimum absolute atomic E-state index is 0.0385. The molecule has 0 saturated carbocycles. The molecule has 1 heterocycles. The van der Waals surface area contributed by atoms with Crippen molar-refractivity contribution in [2.75, 3.05) is 13.7 Å². The monoisotopic (exact) mass is 362 g/mol. The van der Waals surface area contributed by atoms with E-state index in [1.165, 1.54) is 19.2 Å². The second kappa shape index (κ2) is 6.87. The van der Waals surface area contributed by atoms with Crippen LogP contribution >= 0.6 is 0 Å². The highest BCUT2D eigenvalue weighted by Gasteiger charge is 2.21. The molecule has 0 aliphatic heterocycles. The number of aliphatic hydroxyl groups is 1. The van der Waals surface area contributed by atoms with E-state index >= 15 is 0 Å². The number of aryl methyl sites for hydroxylation is 1. The van der Waals surface area contributed by atoms with Gasteiger partial charge in [-0.15, -0.1) is 0 Å². The van der Waals surface area contributed by atoms with Crippen LogP contribution in [0.5, 0.6) is 5.75 Å². The number of para-hydroxylation sites is 1. The summed E-state index contributed by atoms with van der Waals surface area (Å²) in [6.07, 6.45) is -1.22. The van der Waals surface area contributed by atoms with Crippen LogP contribution in [0.1, 0.15) is 17.4 Å². The number of hydrogen-bond acceptors (Lipinski definition) is 6. The Morgan fingerprint density at radius 3 is 2.56 bits per heavy atom. The van der Waals surface area contributed by atoms with Crippen molar-refractivity contribution in [3.05, 3.63) is 59.9 Å². The van der Waals surface area contributed by atoms with Gasteiger partial charge in [0.25, 0.3) is 10.1 Å². The van der Waals surface area contributed by atoms with Crippen LogP contribution in [0.2, 0.25) is 0 Å². The molecule has 0 spiro atoms. The fourth-order valence-electron chi connectivity index (χ4n) is 2.39. The molecule has 0 unspecified atom stereocenters. The summed E-state index contributed by atoms with van der Waals surface area (Å²) in [6.45, 7) is 1.41. The molecule has 3 aromatic rings. The first-order valence-corrected chi connectivity index (χ1v) is 9.02. The molecule has 0 fully saturated rings. The van der Waals surface area contributed by atoms with Crippen molar-refractivity contribution in [1.82, 2.24) is 0 Å². The van der Waals surface area contributed by atoms with E-state index < -0.39 is 22.8 Å². The van der Waals surface area contributed by atoms with Gasteiger partial charge >= 0.3 is 0 Å². The molecule has 6 nitrogen and oxygen atoms in total. The van der Waals surface area contributed by atoms with Crippen molar-refractivity contribution >= 4 is 21.1 Å². The summed E-state index contributed by atoms with van der Waals surface area (Å²) in [5, 5.41) is 11.0. The molecule has 0 radical (unpaired) electrons. The Labute approximate surface area is 145 Å². The first-order valence-electron chi connectivity index (χ1n) is 7.61. The Morgan fingerprint density at radius 1 is 1.16 bits per heavy atom. The molecule has 0 amide bonds. The molecule has 0 aliphatic rings. The lowest BCUT2D eigenvalue weighted by molar-refractivity contribution is 0.0931. The van der Waals surface area contributed by atoms with Crippen molar-refractivity contribution in [2.45, 2.75) is 17.9 Å². The number of rotatable bonds is 6. The quantitative estimate of drug-likeness (QED) is 0.678. The first-order chi connectivity index (χ1) is 11.9. The molecule has 132 valence electrons. The number of benzene rings is 2. The van der Waals surface area contributed by atoms with Crippen LogP contribution < -0.4 is 4.74 Å². The van der Waals surface area contributed by atoms with Gasteiger partial charge in [-0.1, -0.05) is 29.8 Å². The fraction of sp³-hybridized carbons (Fsp3) is 0.222.